The van der Waals surface area contributed by atoms with Crippen molar-refractivity contribution in [3.8, 4) is 28.0 Å². The first kappa shape index (κ1) is 13.1. The van der Waals surface area contributed by atoms with Crippen LogP contribution in [-0.4, -0.2) is 17.1 Å². The Morgan fingerprint density at radius 1 is 1.05 bits per heavy atom. The number of nitrogens with zero attached hydrogens (tertiary/aromatic N) is 1. The van der Waals surface area contributed by atoms with E-state index < -0.39 is 0 Å². The number of ether oxygens (including phenoxy) is 1. The predicted molar refractivity (Wildman–Crippen MR) is 91.4 cm³/mol. The third-order valence-corrected chi connectivity index (χ3v) is 4.49. The first-order valence-electron chi connectivity index (χ1n) is 7.00. The minimum Gasteiger partial charge on any atom is -0.496 e. The highest BCUT2D eigenvalue weighted by Crippen LogP contribution is 2.39. The van der Waals surface area contributed by atoms with E-state index in [9.17, 15) is 0 Å². The van der Waals surface area contributed by atoms with E-state index in [0.29, 0.717) is 0 Å². The van der Waals surface area contributed by atoms with E-state index in [2.05, 4.69) is 32.9 Å². The molecule has 1 N–H and O–H groups in total. The maximum atomic E-state index is 5.53. The van der Waals surface area contributed by atoms with E-state index in [-0.39, 0.29) is 0 Å². The third-order valence-electron chi connectivity index (χ3n) is 3.80. The molecule has 4 heteroatoms. The van der Waals surface area contributed by atoms with Gasteiger partial charge in [0, 0.05) is 28.9 Å². The lowest BCUT2D eigenvalue weighted by Crippen LogP contribution is -1.89. The van der Waals surface area contributed by atoms with Crippen LogP contribution in [-0.2, 0) is 0 Å². The monoisotopic (exact) mass is 306 g/mol. The SMILES string of the molecule is COc1ccccc1-c1ccnc2[nH]cc(-c3ccsc3)c12. The van der Waals surface area contributed by atoms with Crippen molar-refractivity contribution in [2.24, 2.45) is 0 Å². The summed E-state index contributed by atoms with van der Waals surface area (Å²) in [6, 6.07) is 12.3. The number of rotatable bonds is 3. The molecule has 0 saturated heterocycles. The van der Waals surface area contributed by atoms with E-state index in [1.807, 2.05) is 36.7 Å². The number of hydrogen-bond acceptors (Lipinski definition) is 3. The van der Waals surface area contributed by atoms with Gasteiger partial charge in [0.05, 0.1) is 7.11 Å². The van der Waals surface area contributed by atoms with Crippen LogP contribution in [0.25, 0.3) is 33.3 Å². The van der Waals surface area contributed by atoms with Gasteiger partial charge in [-0.3, -0.25) is 0 Å². The zero-order valence-electron chi connectivity index (χ0n) is 12.0. The molecule has 0 fully saturated rings. The number of H-pyrrole nitrogens is 1. The van der Waals surface area contributed by atoms with Crippen LogP contribution in [0.4, 0.5) is 0 Å². The Hall–Kier alpha value is -2.59. The number of pyridine rings is 1. The number of hydrogen-bond donors (Lipinski definition) is 1. The van der Waals surface area contributed by atoms with Crippen molar-refractivity contribution in [3.05, 3.63) is 59.6 Å². The minimum atomic E-state index is 0.868. The van der Waals surface area contributed by atoms with Crippen LogP contribution >= 0.6 is 11.3 Å². The Morgan fingerprint density at radius 3 is 2.77 bits per heavy atom. The van der Waals surface area contributed by atoms with Crippen LogP contribution < -0.4 is 4.74 Å². The zero-order chi connectivity index (χ0) is 14.9. The molecule has 0 radical (unpaired) electrons. The highest BCUT2D eigenvalue weighted by Gasteiger charge is 2.15. The molecule has 3 aromatic heterocycles. The van der Waals surface area contributed by atoms with Crippen molar-refractivity contribution in [3.63, 3.8) is 0 Å². The van der Waals surface area contributed by atoms with Gasteiger partial charge in [-0.25, -0.2) is 4.98 Å². The molecule has 3 heterocycles. The number of benzene rings is 1. The second-order valence-electron chi connectivity index (χ2n) is 5.00. The van der Waals surface area contributed by atoms with E-state index in [4.69, 9.17) is 4.74 Å². The largest absolute Gasteiger partial charge is 0.496 e. The molecular weight excluding hydrogens is 292 g/mol. The average molecular weight is 306 g/mol. The summed E-state index contributed by atoms with van der Waals surface area (Å²) in [6.45, 7) is 0. The molecular formula is C18H14N2OS. The normalized spacial score (nSPS) is 11.0. The van der Waals surface area contributed by atoms with Crippen LogP contribution in [0.15, 0.2) is 59.6 Å². The van der Waals surface area contributed by atoms with Crippen molar-refractivity contribution >= 4 is 22.4 Å². The Balaban J connectivity index is 2.04. The summed E-state index contributed by atoms with van der Waals surface area (Å²) < 4.78 is 5.53. The Labute approximate surface area is 132 Å². The first-order chi connectivity index (χ1) is 10.9. The number of para-hydroxylation sites is 1. The minimum absolute atomic E-state index is 0.868. The maximum absolute atomic E-state index is 5.53. The van der Waals surface area contributed by atoms with Crippen molar-refractivity contribution in [2.75, 3.05) is 7.11 Å². The van der Waals surface area contributed by atoms with Crippen LogP contribution in [0, 0.1) is 0 Å². The highest BCUT2D eigenvalue weighted by atomic mass is 32.1. The van der Waals surface area contributed by atoms with Gasteiger partial charge in [0.2, 0.25) is 0 Å². The molecule has 4 aromatic rings. The Bertz CT molecular complexity index is 925. The van der Waals surface area contributed by atoms with Gasteiger partial charge in [0.15, 0.2) is 0 Å². The van der Waals surface area contributed by atoms with E-state index >= 15 is 0 Å². The van der Waals surface area contributed by atoms with E-state index in [0.717, 1.165) is 27.9 Å². The summed E-state index contributed by atoms with van der Waals surface area (Å²) in [7, 11) is 1.70. The maximum Gasteiger partial charge on any atom is 0.138 e. The first-order valence-corrected chi connectivity index (χ1v) is 7.95. The second-order valence-corrected chi connectivity index (χ2v) is 5.78. The zero-order valence-corrected chi connectivity index (χ0v) is 12.9. The van der Waals surface area contributed by atoms with E-state index in [1.54, 1.807) is 18.4 Å². The quantitative estimate of drug-likeness (QED) is 0.580. The third kappa shape index (κ3) is 2.00. The van der Waals surface area contributed by atoms with Gasteiger partial charge in [-0.1, -0.05) is 18.2 Å². The molecule has 22 heavy (non-hydrogen) atoms. The van der Waals surface area contributed by atoms with Gasteiger partial charge >= 0.3 is 0 Å². The van der Waals surface area contributed by atoms with Crippen LogP contribution in [0.3, 0.4) is 0 Å². The fourth-order valence-electron chi connectivity index (χ4n) is 2.79. The molecule has 0 aliphatic heterocycles. The van der Waals surface area contributed by atoms with Crippen molar-refractivity contribution in [1.82, 2.24) is 9.97 Å². The van der Waals surface area contributed by atoms with E-state index in [1.165, 1.54) is 11.1 Å². The summed E-state index contributed by atoms with van der Waals surface area (Å²) >= 11 is 1.70. The smallest absolute Gasteiger partial charge is 0.138 e. The Kier molecular flexibility index (Phi) is 3.16. The van der Waals surface area contributed by atoms with Gasteiger partial charge in [0.1, 0.15) is 11.4 Å². The average Bonchev–Trinajstić information content (AvgIpc) is 3.23. The number of fused-ring (bicyclic) bond motifs is 1. The molecule has 0 aliphatic rings. The summed E-state index contributed by atoms with van der Waals surface area (Å²) in [5, 5.41) is 5.37. The molecule has 1 aromatic carbocycles. The number of thiophene rings is 1. The van der Waals surface area contributed by atoms with Crippen LogP contribution in [0.1, 0.15) is 0 Å². The molecule has 0 unspecified atom stereocenters. The lowest BCUT2D eigenvalue weighted by molar-refractivity contribution is 0.416. The molecule has 0 spiro atoms. The molecule has 0 atom stereocenters. The standard InChI is InChI=1S/C18H14N2OS/c1-21-16-5-3-2-4-13(16)14-6-8-19-18-17(14)15(10-20-18)12-7-9-22-11-12/h2-11H,1H3,(H,19,20). The van der Waals surface area contributed by atoms with Crippen molar-refractivity contribution in [1.29, 1.82) is 0 Å². The number of methoxy groups -OCH3 is 1. The Morgan fingerprint density at radius 2 is 1.95 bits per heavy atom. The van der Waals surface area contributed by atoms with Crippen molar-refractivity contribution in [2.45, 2.75) is 0 Å². The molecule has 0 bridgehead atoms. The number of nitrogens with one attached hydrogen (secondary N) is 1. The highest BCUT2D eigenvalue weighted by molar-refractivity contribution is 7.08. The van der Waals surface area contributed by atoms with Crippen LogP contribution in [0.2, 0.25) is 0 Å². The van der Waals surface area contributed by atoms with Crippen molar-refractivity contribution < 1.29 is 4.74 Å². The molecule has 0 saturated carbocycles. The van der Waals surface area contributed by atoms with Gasteiger partial charge in [-0.05, 0) is 40.1 Å². The summed E-state index contributed by atoms with van der Waals surface area (Å²) in [4.78, 5) is 7.74. The molecule has 108 valence electrons. The summed E-state index contributed by atoms with van der Waals surface area (Å²) in [5.74, 6) is 0.868. The molecule has 3 nitrogen and oxygen atoms in total. The van der Waals surface area contributed by atoms with Crippen LogP contribution in [0.5, 0.6) is 5.75 Å². The number of aromatic nitrogens is 2. The number of aromatic amines is 1. The van der Waals surface area contributed by atoms with Gasteiger partial charge in [0.25, 0.3) is 0 Å². The lowest BCUT2D eigenvalue weighted by Gasteiger charge is -2.10. The lowest BCUT2D eigenvalue weighted by atomic mass is 9.98. The summed E-state index contributed by atoms with van der Waals surface area (Å²) in [6.07, 6.45) is 3.86. The fraction of sp³-hybridized carbons (Fsp3) is 0.0556. The van der Waals surface area contributed by atoms with Gasteiger partial charge in [-0.2, -0.15) is 11.3 Å². The van der Waals surface area contributed by atoms with Gasteiger partial charge < -0.3 is 9.72 Å². The fourth-order valence-corrected chi connectivity index (χ4v) is 3.45. The molecule has 0 amide bonds. The molecule has 0 aliphatic carbocycles. The summed E-state index contributed by atoms with van der Waals surface area (Å²) in [5.41, 5.74) is 5.48. The van der Waals surface area contributed by atoms with Gasteiger partial charge in [-0.15, -0.1) is 0 Å². The topological polar surface area (TPSA) is 37.9 Å². The molecule has 4 rings (SSSR count). The second kappa shape index (κ2) is 5.31. The predicted octanol–water partition coefficient (Wildman–Crippen LogP) is 4.97.